The van der Waals surface area contributed by atoms with Crippen molar-refractivity contribution in [3.8, 4) is 12.1 Å². The maximum atomic E-state index is 9.42. The maximum absolute atomic E-state index is 9.42. The van der Waals surface area contributed by atoms with Gasteiger partial charge < -0.3 is 5.32 Å². The van der Waals surface area contributed by atoms with Crippen LogP contribution in [-0.4, -0.2) is 6.04 Å². The molecule has 0 amide bonds. The molecule has 0 spiro atoms. The second kappa shape index (κ2) is 11.1. The molecule has 0 saturated carbocycles. The smallest absolute Gasteiger partial charge is 0.0991 e. The number of nitriles is 2. The molecule has 31 heavy (non-hydrogen) atoms. The van der Waals surface area contributed by atoms with Crippen LogP contribution < -0.4 is 5.32 Å². The second-order valence-electron chi connectivity index (χ2n) is 7.60. The lowest BCUT2D eigenvalue weighted by molar-refractivity contribution is 0.401. The van der Waals surface area contributed by atoms with Crippen LogP contribution >= 0.6 is 27.5 Å². The Labute approximate surface area is 197 Å². The lowest BCUT2D eigenvalue weighted by Crippen LogP contribution is -2.36. The SMILES string of the molecule is C[C@H](NC(CC#N)c1cccc(Br)c1)[C@@H](Cc1ccc(Cl)cc1)c1cccc(C#N)c1. The number of nitrogens with one attached hydrogen (secondary N) is 1. The predicted octanol–water partition coefficient (Wildman–Crippen LogP) is 6.93. The van der Waals surface area contributed by atoms with Gasteiger partial charge in [0.05, 0.1) is 24.1 Å². The van der Waals surface area contributed by atoms with Crippen LogP contribution in [0.25, 0.3) is 0 Å². The minimum atomic E-state index is -0.0932. The highest BCUT2D eigenvalue weighted by atomic mass is 79.9. The summed E-state index contributed by atoms with van der Waals surface area (Å²) in [5.74, 6) is 0.114. The first-order valence-corrected chi connectivity index (χ1v) is 11.3. The van der Waals surface area contributed by atoms with Gasteiger partial charge in [0.1, 0.15) is 0 Å². The molecule has 1 N–H and O–H groups in total. The fraction of sp³-hybridized carbons (Fsp3) is 0.231. The molecule has 0 aliphatic heterocycles. The van der Waals surface area contributed by atoms with Gasteiger partial charge in [0.25, 0.3) is 0 Å². The standard InChI is InChI=1S/C26H23BrClN3/c1-18(31-26(12-13-29)22-6-3-7-23(27)16-22)25(15-19-8-10-24(28)11-9-19)21-5-2-4-20(14-21)17-30/h2-11,14,16,18,25-26,31H,12,15H2,1H3/t18-,25+,26?/m0/s1. The van der Waals surface area contributed by atoms with E-state index >= 15 is 0 Å². The first kappa shape index (κ1) is 23.0. The van der Waals surface area contributed by atoms with E-state index in [2.05, 4.69) is 46.4 Å². The number of hydrogen-bond donors (Lipinski definition) is 1. The molecule has 0 radical (unpaired) electrons. The van der Waals surface area contributed by atoms with Crippen molar-refractivity contribution in [3.05, 3.63) is 105 Å². The minimum absolute atomic E-state index is 0.0574. The van der Waals surface area contributed by atoms with E-state index in [1.165, 1.54) is 5.56 Å². The van der Waals surface area contributed by atoms with Crippen LogP contribution in [0.4, 0.5) is 0 Å². The summed E-state index contributed by atoms with van der Waals surface area (Å²) in [6.07, 6.45) is 1.16. The molecule has 3 aromatic rings. The van der Waals surface area contributed by atoms with Crippen molar-refractivity contribution in [2.24, 2.45) is 0 Å². The van der Waals surface area contributed by atoms with Gasteiger partial charge in [-0.1, -0.05) is 63.9 Å². The van der Waals surface area contributed by atoms with Crippen molar-refractivity contribution in [1.82, 2.24) is 5.32 Å². The first-order valence-electron chi connectivity index (χ1n) is 10.1. The third-order valence-electron chi connectivity index (χ3n) is 5.43. The third kappa shape index (κ3) is 6.42. The molecule has 156 valence electrons. The number of nitrogens with zero attached hydrogens (tertiary/aromatic N) is 2. The van der Waals surface area contributed by atoms with Crippen LogP contribution in [0.3, 0.4) is 0 Å². The van der Waals surface area contributed by atoms with Gasteiger partial charge in [-0.3, -0.25) is 0 Å². The summed E-state index contributed by atoms with van der Waals surface area (Å²) < 4.78 is 0.988. The summed E-state index contributed by atoms with van der Waals surface area (Å²) in [7, 11) is 0. The zero-order valence-electron chi connectivity index (χ0n) is 17.2. The summed E-state index contributed by atoms with van der Waals surface area (Å²) in [5, 5.41) is 23.2. The lowest BCUT2D eigenvalue weighted by atomic mass is 9.85. The van der Waals surface area contributed by atoms with E-state index in [4.69, 9.17) is 11.6 Å². The van der Waals surface area contributed by atoms with E-state index in [9.17, 15) is 10.5 Å². The molecule has 0 fully saturated rings. The maximum Gasteiger partial charge on any atom is 0.0991 e. The molecule has 3 aromatic carbocycles. The van der Waals surface area contributed by atoms with E-state index in [1.54, 1.807) is 0 Å². The van der Waals surface area contributed by atoms with Gasteiger partial charge in [-0.2, -0.15) is 10.5 Å². The number of benzene rings is 3. The Hall–Kier alpha value is -2.63. The Morgan fingerprint density at radius 2 is 1.68 bits per heavy atom. The third-order valence-corrected chi connectivity index (χ3v) is 6.17. The Morgan fingerprint density at radius 3 is 2.35 bits per heavy atom. The highest BCUT2D eigenvalue weighted by Crippen LogP contribution is 2.29. The van der Waals surface area contributed by atoms with Crippen LogP contribution in [0.1, 0.15) is 47.6 Å². The van der Waals surface area contributed by atoms with Crippen LogP contribution in [0.15, 0.2) is 77.3 Å². The zero-order chi connectivity index (χ0) is 22.2. The molecular formula is C26H23BrClN3. The van der Waals surface area contributed by atoms with Crippen LogP contribution in [-0.2, 0) is 6.42 Å². The van der Waals surface area contributed by atoms with Crippen LogP contribution in [0.2, 0.25) is 5.02 Å². The van der Waals surface area contributed by atoms with Crippen molar-refractivity contribution in [2.75, 3.05) is 0 Å². The Morgan fingerprint density at radius 1 is 0.968 bits per heavy atom. The van der Waals surface area contributed by atoms with Gasteiger partial charge >= 0.3 is 0 Å². The van der Waals surface area contributed by atoms with Crippen molar-refractivity contribution in [1.29, 1.82) is 10.5 Å². The molecule has 5 heteroatoms. The molecule has 0 aliphatic rings. The van der Waals surface area contributed by atoms with E-state index in [1.807, 2.05) is 66.7 Å². The molecule has 0 aliphatic carbocycles. The van der Waals surface area contributed by atoms with E-state index in [-0.39, 0.29) is 18.0 Å². The predicted molar refractivity (Wildman–Crippen MR) is 129 cm³/mol. The summed E-state index contributed by atoms with van der Waals surface area (Å²) in [6.45, 7) is 2.14. The number of rotatable bonds is 8. The van der Waals surface area contributed by atoms with Crippen molar-refractivity contribution in [3.63, 3.8) is 0 Å². The Balaban J connectivity index is 1.91. The van der Waals surface area contributed by atoms with Gasteiger partial charge in [-0.15, -0.1) is 0 Å². The van der Waals surface area contributed by atoms with E-state index < -0.39 is 0 Å². The Bertz CT molecular complexity index is 1100. The van der Waals surface area contributed by atoms with Crippen LogP contribution in [0, 0.1) is 22.7 Å². The molecule has 3 atom stereocenters. The van der Waals surface area contributed by atoms with Gasteiger partial charge in [0, 0.05) is 27.5 Å². The highest BCUT2D eigenvalue weighted by molar-refractivity contribution is 9.10. The summed E-state index contributed by atoms with van der Waals surface area (Å²) >= 11 is 9.60. The molecule has 1 unspecified atom stereocenters. The van der Waals surface area contributed by atoms with Crippen LogP contribution in [0.5, 0.6) is 0 Å². The topological polar surface area (TPSA) is 59.6 Å². The highest BCUT2D eigenvalue weighted by Gasteiger charge is 2.24. The number of halogens is 2. The van der Waals surface area contributed by atoms with Crippen molar-refractivity contribution >= 4 is 27.5 Å². The Kier molecular flexibility index (Phi) is 8.27. The first-order chi connectivity index (χ1) is 15.0. The van der Waals surface area contributed by atoms with E-state index in [0.717, 1.165) is 22.0 Å². The average molecular weight is 493 g/mol. The normalized spacial score (nSPS) is 13.6. The minimum Gasteiger partial charge on any atom is -0.306 e. The summed E-state index contributed by atoms with van der Waals surface area (Å²) in [6, 6.07) is 28.2. The fourth-order valence-electron chi connectivity index (χ4n) is 3.82. The molecule has 3 rings (SSSR count). The quantitative estimate of drug-likeness (QED) is 0.371. The van der Waals surface area contributed by atoms with Gasteiger partial charge in [-0.25, -0.2) is 0 Å². The molecule has 0 saturated heterocycles. The molecular weight excluding hydrogens is 470 g/mol. The van der Waals surface area contributed by atoms with E-state index in [0.29, 0.717) is 17.0 Å². The van der Waals surface area contributed by atoms with Gasteiger partial charge in [0.15, 0.2) is 0 Å². The summed E-state index contributed by atoms with van der Waals surface area (Å²) in [4.78, 5) is 0. The monoisotopic (exact) mass is 491 g/mol. The zero-order valence-corrected chi connectivity index (χ0v) is 19.6. The lowest BCUT2D eigenvalue weighted by Gasteiger charge is -2.30. The van der Waals surface area contributed by atoms with Crippen molar-refractivity contribution < 1.29 is 0 Å². The fourth-order valence-corrected chi connectivity index (χ4v) is 4.36. The molecule has 3 nitrogen and oxygen atoms in total. The molecule has 0 bridgehead atoms. The largest absolute Gasteiger partial charge is 0.306 e. The molecule has 0 heterocycles. The average Bonchev–Trinajstić information content (AvgIpc) is 2.78. The van der Waals surface area contributed by atoms with Gasteiger partial charge in [-0.05, 0) is 66.4 Å². The summed E-state index contributed by atoms with van der Waals surface area (Å²) in [5.41, 5.74) is 3.98. The van der Waals surface area contributed by atoms with Crippen molar-refractivity contribution in [2.45, 2.75) is 37.8 Å². The number of hydrogen-bond acceptors (Lipinski definition) is 3. The molecule has 0 aromatic heterocycles. The second-order valence-corrected chi connectivity index (χ2v) is 8.95. The van der Waals surface area contributed by atoms with Gasteiger partial charge in [0.2, 0.25) is 0 Å².